The van der Waals surface area contributed by atoms with Crippen LogP contribution in [0.4, 0.5) is 0 Å². The lowest BCUT2D eigenvalue weighted by Gasteiger charge is -2.06. The number of allylic oxidation sites excluding steroid dienone is 4. The van der Waals surface area contributed by atoms with E-state index in [-0.39, 0.29) is 6.04 Å². The van der Waals surface area contributed by atoms with Crippen molar-refractivity contribution < 1.29 is 4.79 Å². The molecule has 1 aliphatic rings. The first kappa shape index (κ1) is 10.4. The summed E-state index contributed by atoms with van der Waals surface area (Å²) in [5.41, 5.74) is 1.07. The van der Waals surface area contributed by atoms with Gasteiger partial charge in [-0.25, -0.2) is 0 Å². The minimum absolute atomic E-state index is 0.139. The smallest absolute Gasteiger partial charge is 0.207 e. The quantitative estimate of drug-likeness (QED) is 0.768. The minimum atomic E-state index is 0.139. The Labute approximate surface area is 94.0 Å². The van der Waals surface area contributed by atoms with Gasteiger partial charge in [0.05, 0.1) is 6.04 Å². The van der Waals surface area contributed by atoms with E-state index in [4.69, 9.17) is 0 Å². The van der Waals surface area contributed by atoms with Gasteiger partial charge in [-0.2, -0.15) is 5.10 Å². The molecule has 0 bridgehead atoms. The molecule has 16 heavy (non-hydrogen) atoms. The molecule has 0 aromatic carbocycles. The maximum absolute atomic E-state index is 10.2. The Balaban J connectivity index is 2.06. The lowest BCUT2D eigenvalue weighted by atomic mass is 10.2. The molecule has 82 valence electrons. The average Bonchev–Trinajstić information content (AvgIpc) is 2.73. The van der Waals surface area contributed by atoms with E-state index in [9.17, 15) is 4.79 Å². The highest BCUT2D eigenvalue weighted by atomic mass is 16.1. The zero-order valence-corrected chi connectivity index (χ0v) is 8.78. The lowest BCUT2D eigenvalue weighted by molar-refractivity contribution is -0.109. The van der Waals surface area contributed by atoms with Gasteiger partial charge in [0.25, 0.3) is 0 Å². The van der Waals surface area contributed by atoms with Crippen molar-refractivity contribution in [1.82, 2.24) is 15.1 Å². The first-order valence-electron chi connectivity index (χ1n) is 5.12. The van der Waals surface area contributed by atoms with Crippen LogP contribution in [0.15, 0.2) is 54.4 Å². The van der Waals surface area contributed by atoms with Crippen LogP contribution in [0.1, 0.15) is 6.04 Å². The summed E-state index contributed by atoms with van der Waals surface area (Å²) in [6.45, 7) is 0.552. The highest BCUT2D eigenvalue weighted by molar-refractivity contribution is 5.47. The molecule has 1 amide bonds. The molecule has 1 heterocycles. The summed E-state index contributed by atoms with van der Waals surface area (Å²) in [5, 5.41) is 6.83. The number of hydrogen-bond donors (Lipinski definition) is 1. The predicted molar refractivity (Wildman–Crippen MR) is 61.7 cm³/mol. The number of rotatable bonds is 4. The van der Waals surface area contributed by atoms with Crippen LogP contribution in [0.25, 0.3) is 0 Å². The van der Waals surface area contributed by atoms with Crippen molar-refractivity contribution in [2.24, 2.45) is 0 Å². The second-order valence-corrected chi connectivity index (χ2v) is 3.46. The monoisotopic (exact) mass is 215 g/mol. The Kier molecular flexibility index (Phi) is 3.33. The SMILES string of the molecule is O=CNCC1=CC=CC(n2cccn2)C=C1. The zero-order valence-electron chi connectivity index (χ0n) is 8.78. The molecule has 0 saturated heterocycles. The number of amides is 1. The Morgan fingerprint density at radius 1 is 1.50 bits per heavy atom. The van der Waals surface area contributed by atoms with Gasteiger partial charge in [-0.3, -0.25) is 9.48 Å². The molecule has 0 radical (unpaired) electrons. The third-order valence-corrected chi connectivity index (χ3v) is 2.35. The van der Waals surface area contributed by atoms with Gasteiger partial charge in [-0.05, 0) is 11.6 Å². The van der Waals surface area contributed by atoms with Crippen LogP contribution in [0.5, 0.6) is 0 Å². The maximum Gasteiger partial charge on any atom is 0.207 e. The summed E-state index contributed by atoms with van der Waals surface area (Å²) in [7, 11) is 0. The summed E-state index contributed by atoms with van der Waals surface area (Å²) >= 11 is 0. The van der Waals surface area contributed by atoms with Gasteiger partial charge in [0.15, 0.2) is 0 Å². The van der Waals surface area contributed by atoms with Crippen LogP contribution in [0.3, 0.4) is 0 Å². The Bertz CT molecular complexity index is 429. The standard InChI is InChI=1S/C12H13N3O/c16-10-13-9-11-3-1-4-12(6-5-11)15-8-2-7-14-15/h1-8,10,12H,9H2,(H,13,16). The average molecular weight is 215 g/mol. The van der Waals surface area contributed by atoms with Crippen LogP contribution in [0, 0.1) is 0 Å². The van der Waals surface area contributed by atoms with Crippen LogP contribution in [-0.2, 0) is 4.79 Å². The fourth-order valence-electron chi connectivity index (χ4n) is 1.55. The van der Waals surface area contributed by atoms with Crippen LogP contribution in [0.2, 0.25) is 0 Å². The van der Waals surface area contributed by atoms with Crippen molar-refractivity contribution in [1.29, 1.82) is 0 Å². The molecule has 1 aromatic heterocycles. The fourth-order valence-corrected chi connectivity index (χ4v) is 1.55. The number of carbonyl (C=O) groups is 1. The first-order valence-corrected chi connectivity index (χ1v) is 5.12. The molecule has 0 spiro atoms. The van der Waals surface area contributed by atoms with Crippen LogP contribution in [-0.4, -0.2) is 22.7 Å². The molecule has 4 nitrogen and oxygen atoms in total. The molecule has 0 aliphatic heterocycles. The number of nitrogens with one attached hydrogen (secondary N) is 1. The fraction of sp³-hybridized carbons (Fsp3) is 0.167. The molecule has 0 saturated carbocycles. The summed E-state index contributed by atoms with van der Waals surface area (Å²) in [6.07, 6.45) is 14.5. The van der Waals surface area contributed by atoms with Crippen molar-refractivity contribution in [2.75, 3.05) is 6.54 Å². The van der Waals surface area contributed by atoms with Crippen molar-refractivity contribution in [3.8, 4) is 0 Å². The normalized spacial score (nSPS) is 19.0. The lowest BCUT2D eigenvalue weighted by Crippen LogP contribution is -2.13. The molecule has 1 N–H and O–H groups in total. The zero-order chi connectivity index (χ0) is 11.2. The second-order valence-electron chi connectivity index (χ2n) is 3.46. The number of nitrogens with zero attached hydrogens (tertiary/aromatic N) is 2. The third-order valence-electron chi connectivity index (χ3n) is 2.35. The highest BCUT2D eigenvalue weighted by Crippen LogP contribution is 2.14. The van der Waals surface area contributed by atoms with Gasteiger partial charge < -0.3 is 5.32 Å². The number of carbonyl (C=O) groups excluding carboxylic acids is 1. The van der Waals surface area contributed by atoms with Crippen LogP contribution >= 0.6 is 0 Å². The second kappa shape index (κ2) is 5.11. The Morgan fingerprint density at radius 3 is 3.19 bits per heavy atom. The molecular weight excluding hydrogens is 202 g/mol. The largest absolute Gasteiger partial charge is 0.355 e. The van der Waals surface area contributed by atoms with Crippen molar-refractivity contribution >= 4 is 6.41 Å². The van der Waals surface area contributed by atoms with E-state index < -0.39 is 0 Å². The van der Waals surface area contributed by atoms with Gasteiger partial charge in [0.2, 0.25) is 6.41 Å². The molecule has 4 heteroatoms. The third kappa shape index (κ3) is 2.48. The summed E-state index contributed by atoms with van der Waals surface area (Å²) < 4.78 is 1.87. The topological polar surface area (TPSA) is 46.9 Å². The van der Waals surface area contributed by atoms with E-state index >= 15 is 0 Å². The molecule has 1 unspecified atom stereocenters. The van der Waals surface area contributed by atoms with E-state index in [0.29, 0.717) is 13.0 Å². The van der Waals surface area contributed by atoms with Crippen molar-refractivity contribution in [3.05, 3.63) is 54.4 Å². The predicted octanol–water partition coefficient (Wildman–Crippen LogP) is 1.22. The number of aromatic nitrogens is 2. The van der Waals surface area contributed by atoms with Gasteiger partial charge in [-0.15, -0.1) is 0 Å². The van der Waals surface area contributed by atoms with Gasteiger partial charge in [0, 0.05) is 18.9 Å². The van der Waals surface area contributed by atoms with Crippen molar-refractivity contribution in [3.63, 3.8) is 0 Å². The summed E-state index contributed by atoms with van der Waals surface area (Å²) in [5.74, 6) is 0. The van der Waals surface area contributed by atoms with Crippen molar-refractivity contribution in [2.45, 2.75) is 6.04 Å². The molecular formula is C12H13N3O. The van der Waals surface area contributed by atoms with E-state index in [1.807, 2.05) is 35.2 Å². The Morgan fingerprint density at radius 2 is 2.44 bits per heavy atom. The van der Waals surface area contributed by atoms with Gasteiger partial charge >= 0.3 is 0 Å². The van der Waals surface area contributed by atoms with E-state index in [2.05, 4.69) is 22.6 Å². The molecule has 1 aliphatic carbocycles. The summed E-state index contributed by atoms with van der Waals surface area (Å²) in [4.78, 5) is 10.2. The minimum Gasteiger partial charge on any atom is -0.355 e. The van der Waals surface area contributed by atoms with E-state index in [1.165, 1.54) is 0 Å². The highest BCUT2D eigenvalue weighted by Gasteiger charge is 2.04. The maximum atomic E-state index is 10.2. The molecule has 0 fully saturated rings. The molecule has 1 atom stereocenters. The molecule has 1 aromatic rings. The first-order chi connectivity index (χ1) is 7.90. The van der Waals surface area contributed by atoms with Crippen LogP contribution < -0.4 is 5.32 Å². The molecule has 2 rings (SSSR count). The number of hydrogen-bond acceptors (Lipinski definition) is 2. The van der Waals surface area contributed by atoms with E-state index in [1.54, 1.807) is 6.20 Å². The van der Waals surface area contributed by atoms with E-state index in [0.717, 1.165) is 5.57 Å². The summed E-state index contributed by atoms with van der Waals surface area (Å²) in [6, 6.07) is 2.04. The Hall–Kier alpha value is -2.10. The van der Waals surface area contributed by atoms with Gasteiger partial charge in [0.1, 0.15) is 0 Å². The van der Waals surface area contributed by atoms with Gasteiger partial charge in [-0.1, -0.05) is 30.4 Å².